The summed E-state index contributed by atoms with van der Waals surface area (Å²) in [5.74, 6) is 0.385. The number of carboxylic acid groups (broad SMARTS) is 1. The molecule has 1 aromatic heterocycles. The molecule has 0 aliphatic carbocycles. The predicted octanol–water partition coefficient (Wildman–Crippen LogP) is 2.09. The number of hydrogen-bond donors (Lipinski definition) is 1. The Morgan fingerprint density at radius 1 is 1.11 bits per heavy atom. The van der Waals surface area contributed by atoms with Crippen LogP contribution in [0.5, 0.6) is 0 Å². The number of aliphatic carboxylic acids is 1. The van der Waals surface area contributed by atoms with Gasteiger partial charge in [0.1, 0.15) is 18.1 Å². The molecule has 0 spiro atoms. The van der Waals surface area contributed by atoms with E-state index in [1.165, 1.54) is 5.56 Å². The van der Waals surface area contributed by atoms with Gasteiger partial charge >= 0.3 is 5.97 Å². The Kier molecular flexibility index (Phi) is 3.55. The quantitative estimate of drug-likeness (QED) is 0.911. The third-order valence-electron chi connectivity index (χ3n) is 2.87. The highest BCUT2D eigenvalue weighted by Crippen LogP contribution is 2.18. The lowest BCUT2D eigenvalue weighted by atomic mass is 10.1. The number of benzene rings is 1. The molecule has 5 heteroatoms. The second-order valence-corrected chi connectivity index (χ2v) is 4.49. The summed E-state index contributed by atoms with van der Waals surface area (Å²) in [5.41, 5.74) is 3.22. The highest BCUT2D eigenvalue weighted by atomic mass is 16.4. The molecular formula is C14H15N3O2. The van der Waals surface area contributed by atoms with Crippen LogP contribution in [0.3, 0.4) is 0 Å². The first-order valence-electron chi connectivity index (χ1n) is 5.96. The molecule has 5 nitrogen and oxygen atoms in total. The van der Waals surface area contributed by atoms with Gasteiger partial charge in [-0.25, -0.2) is 15.0 Å². The zero-order valence-electron chi connectivity index (χ0n) is 11.1. The number of aromatic nitrogens is 3. The lowest BCUT2D eigenvalue weighted by molar-refractivity contribution is -0.136. The minimum Gasteiger partial charge on any atom is -0.481 e. The second kappa shape index (κ2) is 5.14. The van der Waals surface area contributed by atoms with E-state index in [1.54, 1.807) is 6.92 Å². The standard InChI is InChI=1S/C14H15N3O2/c1-8-4-5-11(6-9(8)2)14-16-10(3)15-12(17-14)7-13(18)19/h4-6H,7H2,1-3H3,(H,18,19). The summed E-state index contributed by atoms with van der Waals surface area (Å²) in [4.78, 5) is 23.2. The van der Waals surface area contributed by atoms with E-state index in [0.717, 1.165) is 11.1 Å². The summed E-state index contributed by atoms with van der Waals surface area (Å²) in [5, 5.41) is 8.80. The van der Waals surface area contributed by atoms with E-state index in [2.05, 4.69) is 15.0 Å². The highest BCUT2D eigenvalue weighted by molar-refractivity contribution is 5.69. The van der Waals surface area contributed by atoms with Crippen molar-refractivity contribution in [2.24, 2.45) is 0 Å². The zero-order chi connectivity index (χ0) is 14.0. The number of rotatable bonds is 3. The fraction of sp³-hybridized carbons (Fsp3) is 0.286. The predicted molar refractivity (Wildman–Crippen MR) is 70.8 cm³/mol. The molecule has 0 bridgehead atoms. The van der Waals surface area contributed by atoms with Crippen LogP contribution in [-0.2, 0) is 11.2 Å². The van der Waals surface area contributed by atoms with Crippen LogP contribution in [0.2, 0.25) is 0 Å². The van der Waals surface area contributed by atoms with E-state index >= 15 is 0 Å². The van der Waals surface area contributed by atoms with Gasteiger partial charge in [-0.15, -0.1) is 0 Å². The summed E-state index contributed by atoms with van der Waals surface area (Å²) in [6.45, 7) is 5.79. The van der Waals surface area contributed by atoms with E-state index in [1.807, 2.05) is 32.0 Å². The smallest absolute Gasteiger partial charge is 0.311 e. The van der Waals surface area contributed by atoms with Gasteiger partial charge in [-0.3, -0.25) is 4.79 Å². The van der Waals surface area contributed by atoms with Crippen molar-refractivity contribution in [2.75, 3.05) is 0 Å². The largest absolute Gasteiger partial charge is 0.481 e. The van der Waals surface area contributed by atoms with Crippen molar-refractivity contribution in [3.05, 3.63) is 41.0 Å². The van der Waals surface area contributed by atoms with Crippen LogP contribution >= 0.6 is 0 Å². The molecule has 1 aromatic carbocycles. The molecule has 0 saturated heterocycles. The van der Waals surface area contributed by atoms with Crippen molar-refractivity contribution in [1.29, 1.82) is 0 Å². The van der Waals surface area contributed by atoms with Crippen LogP contribution in [0.25, 0.3) is 11.4 Å². The van der Waals surface area contributed by atoms with Gasteiger partial charge in [-0.05, 0) is 38.0 Å². The van der Waals surface area contributed by atoms with Crippen molar-refractivity contribution >= 4 is 5.97 Å². The number of aryl methyl sites for hydroxylation is 3. The monoisotopic (exact) mass is 257 g/mol. The third-order valence-corrected chi connectivity index (χ3v) is 2.87. The number of nitrogens with zero attached hydrogens (tertiary/aromatic N) is 3. The average molecular weight is 257 g/mol. The third kappa shape index (κ3) is 3.13. The second-order valence-electron chi connectivity index (χ2n) is 4.49. The Bertz CT molecular complexity index is 639. The molecular weight excluding hydrogens is 242 g/mol. The Balaban J connectivity index is 2.46. The maximum Gasteiger partial charge on any atom is 0.311 e. The van der Waals surface area contributed by atoms with E-state index in [4.69, 9.17) is 5.11 Å². The molecule has 0 amide bonds. The molecule has 0 radical (unpaired) electrons. The summed E-state index contributed by atoms with van der Waals surface area (Å²) in [6, 6.07) is 5.93. The Hall–Kier alpha value is -2.30. The molecule has 1 heterocycles. The molecule has 2 rings (SSSR count). The van der Waals surface area contributed by atoms with E-state index in [9.17, 15) is 4.79 Å². The molecule has 19 heavy (non-hydrogen) atoms. The summed E-state index contributed by atoms with van der Waals surface area (Å²) in [6.07, 6.45) is -0.193. The summed E-state index contributed by atoms with van der Waals surface area (Å²) in [7, 11) is 0. The minimum absolute atomic E-state index is 0.193. The average Bonchev–Trinajstić information content (AvgIpc) is 2.31. The Morgan fingerprint density at radius 3 is 2.47 bits per heavy atom. The van der Waals surface area contributed by atoms with Crippen molar-refractivity contribution in [3.63, 3.8) is 0 Å². The Labute approximate surface area is 111 Å². The van der Waals surface area contributed by atoms with Gasteiger partial charge in [0.05, 0.1) is 0 Å². The maximum atomic E-state index is 10.7. The van der Waals surface area contributed by atoms with Crippen LogP contribution < -0.4 is 0 Å². The van der Waals surface area contributed by atoms with Crippen LogP contribution in [0, 0.1) is 20.8 Å². The number of carbonyl (C=O) groups is 1. The van der Waals surface area contributed by atoms with E-state index in [0.29, 0.717) is 11.6 Å². The summed E-state index contributed by atoms with van der Waals surface area (Å²) >= 11 is 0. The molecule has 2 aromatic rings. The first kappa shape index (κ1) is 13.1. The lowest BCUT2D eigenvalue weighted by Gasteiger charge is -2.06. The molecule has 98 valence electrons. The van der Waals surface area contributed by atoms with Gasteiger partial charge in [0, 0.05) is 5.56 Å². The fourth-order valence-electron chi connectivity index (χ4n) is 1.76. The molecule has 0 aliphatic rings. The molecule has 0 fully saturated rings. The molecule has 0 saturated carbocycles. The highest BCUT2D eigenvalue weighted by Gasteiger charge is 2.10. The normalized spacial score (nSPS) is 10.5. The maximum absolute atomic E-state index is 10.7. The van der Waals surface area contributed by atoms with Gasteiger partial charge in [0.25, 0.3) is 0 Å². The van der Waals surface area contributed by atoms with Gasteiger partial charge in [0.15, 0.2) is 5.82 Å². The number of carboxylic acids is 1. The zero-order valence-corrected chi connectivity index (χ0v) is 11.1. The van der Waals surface area contributed by atoms with Gasteiger partial charge in [0.2, 0.25) is 0 Å². The van der Waals surface area contributed by atoms with Crippen molar-refractivity contribution in [3.8, 4) is 11.4 Å². The van der Waals surface area contributed by atoms with E-state index in [-0.39, 0.29) is 12.2 Å². The molecule has 0 aliphatic heterocycles. The molecule has 0 unspecified atom stereocenters. The van der Waals surface area contributed by atoms with Gasteiger partial charge in [-0.1, -0.05) is 12.1 Å². The van der Waals surface area contributed by atoms with Crippen LogP contribution in [-0.4, -0.2) is 26.0 Å². The van der Waals surface area contributed by atoms with E-state index < -0.39 is 5.97 Å². The first-order valence-corrected chi connectivity index (χ1v) is 5.96. The fourth-order valence-corrected chi connectivity index (χ4v) is 1.76. The lowest BCUT2D eigenvalue weighted by Crippen LogP contribution is -2.08. The molecule has 1 N–H and O–H groups in total. The number of hydrogen-bond acceptors (Lipinski definition) is 4. The molecule has 0 atom stereocenters. The Morgan fingerprint density at radius 2 is 1.84 bits per heavy atom. The minimum atomic E-state index is -0.948. The first-order chi connectivity index (χ1) is 8.95. The van der Waals surface area contributed by atoms with Crippen LogP contribution in [0.15, 0.2) is 18.2 Å². The van der Waals surface area contributed by atoms with Crippen molar-refractivity contribution in [1.82, 2.24) is 15.0 Å². The van der Waals surface area contributed by atoms with Crippen molar-refractivity contribution in [2.45, 2.75) is 27.2 Å². The van der Waals surface area contributed by atoms with Crippen LogP contribution in [0.1, 0.15) is 22.8 Å². The van der Waals surface area contributed by atoms with Crippen LogP contribution in [0.4, 0.5) is 0 Å². The van der Waals surface area contributed by atoms with Crippen molar-refractivity contribution < 1.29 is 9.90 Å². The van der Waals surface area contributed by atoms with Gasteiger partial charge in [-0.2, -0.15) is 0 Å². The topological polar surface area (TPSA) is 76.0 Å². The summed E-state index contributed by atoms with van der Waals surface area (Å²) < 4.78 is 0. The van der Waals surface area contributed by atoms with Gasteiger partial charge < -0.3 is 5.11 Å². The SMILES string of the molecule is Cc1nc(CC(=O)O)nc(-c2ccc(C)c(C)c2)n1.